The van der Waals surface area contributed by atoms with E-state index in [1.54, 1.807) is 7.05 Å². The van der Waals surface area contributed by atoms with E-state index in [1.807, 2.05) is 0 Å². The van der Waals surface area contributed by atoms with Gasteiger partial charge >= 0.3 is 5.76 Å². The Hall–Kier alpha value is -0.230. The van der Waals surface area contributed by atoms with Gasteiger partial charge in [-0.05, 0) is 18.8 Å². The molecule has 3 N–H and O–H groups in total. The highest BCUT2D eigenvalue weighted by Gasteiger charge is 2.34. The lowest BCUT2D eigenvalue weighted by Crippen LogP contribution is -2.44. The molecule has 0 unspecified atom stereocenters. The van der Waals surface area contributed by atoms with Crippen molar-refractivity contribution in [2.75, 3.05) is 26.7 Å². The molecule has 0 atom stereocenters. The van der Waals surface area contributed by atoms with Gasteiger partial charge in [0.15, 0.2) is 5.96 Å². The van der Waals surface area contributed by atoms with Gasteiger partial charge in [0, 0.05) is 26.7 Å². The third kappa shape index (κ3) is 5.34. The molecule has 6 nitrogen and oxygen atoms in total. The van der Waals surface area contributed by atoms with E-state index in [1.165, 1.54) is 0 Å². The molecule has 1 heterocycles. The number of rotatable bonds is 4. The Morgan fingerprint density at radius 3 is 2.42 bits per heavy atom. The fraction of sp³-hybridized carbons (Fsp3) is 0.889. The maximum atomic E-state index is 12.3. The molecule has 0 aliphatic carbocycles. The molecule has 1 aliphatic rings. The van der Waals surface area contributed by atoms with Gasteiger partial charge in [-0.15, -0.1) is 24.0 Å². The number of hydrogen-bond acceptors (Lipinski definition) is 3. The van der Waals surface area contributed by atoms with Crippen molar-refractivity contribution in [1.29, 1.82) is 0 Å². The number of aliphatic imine (C=N–C) groups is 1. The van der Waals surface area contributed by atoms with Crippen molar-refractivity contribution in [2.24, 2.45) is 16.6 Å². The zero-order valence-electron chi connectivity index (χ0n) is 10.6. The van der Waals surface area contributed by atoms with Crippen LogP contribution in [0.3, 0.4) is 0 Å². The summed E-state index contributed by atoms with van der Waals surface area (Å²) in [6, 6.07) is 0. The van der Waals surface area contributed by atoms with Crippen LogP contribution in [0, 0.1) is 5.92 Å². The summed E-state index contributed by atoms with van der Waals surface area (Å²) in [6.45, 7) is 0.829. The van der Waals surface area contributed by atoms with Gasteiger partial charge in [-0.3, -0.25) is 4.99 Å². The minimum Gasteiger partial charge on any atom is -0.370 e. The van der Waals surface area contributed by atoms with Crippen LogP contribution in [-0.4, -0.2) is 51.1 Å². The van der Waals surface area contributed by atoms with Crippen LogP contribution in [0.4, 0.5) is 8.78 Å². The molecule has 1 saturated heterocycles. The molecule has 0 radical (unpaired) electrons. The highest BCUT2D eigenvalue weighted by Crippen LogP contribution is 2.21. The van der Waals surface area contributed by atoms with Crippen LogP contribution in [0.25, 0.3) is 0 Å². The second-order valence-electron chi connectivity index (χ2n) is 4.14. The van der Waals surface area contributed by atoms with E-state index in [0.29, 0.717) is 25.3 Å². The van der Waals surface area contributed by atoms with Gasteiger partial charge in [0.05, 0.1) is 0 Å². The Morgan fingerprint density at radius 1 is 1.47 bits per heavy atom. The summed E-state index contributed by atoms with van der Waals surface area (Å²) in [5.41, 5.74) is 5.46. The van der Waals surface area contributed by atoms with Crippen LogP contribution >= 0.6 is 24.0 Å². The van der Waals surface area contributed by atoms with Crippen molar-refractivity contribution in [1.82, 2.24) is 9.62 Å². The first-order chi connectivity index (χ1) is 8.37. The van der Waals surface area contributed by atoms with E-state index >= 15 is 0 Å². The highest BCUT2D eigenvalue weighted by atomic mass is 127. The average Bonchev–Trinajstić information content (AvgIpc) is 2.36. The third-order valence-electron chi connectivity index (χ3n) is 2.97. The molecule has 0 aromatic heterocycles. The van der Waals surface area contributed by atoms with Crippen LogP contribution in [0.2, 0.25) is 0 Å². The number of nitrogens with zero attached hydrogens (tertiary/aromatic N) is 2. The van der Waals surface area contributed by atoms with Crippen LogP contribution in [0.1, 0.15) is 12.8 Å². The molecule has 0 aromatic rings. The predicted molar refractivity (Wildman–Crippen MR) is 80.2 cm³/mol. The Kier molecular flexibility index (Phi) is 8.05. The molecule has 10 heteroatoms. The number of hydrogen-bond donors (Lipinski definition) is 2. The number of guanidine groups is 1. The van der Waals surface area contributed by atoms with Gasteiger partial charge in [-0.2, -0.15) is 13.1 Å². The van der Waals surface area contributed by atoms with Gasteiger partial charge in [-0.1, -0.05) is 0 Å². The molecule has 114 valence electrons. The van der Waals surface area contributed by atoms with Crippen molar-refractivity contribution in [3.8, 4) is 0 Å². The zero-order chi connectivity index (χ0) is 13.8. The molecular formula is C9H19F2IN4O2S. The van der Waals surface area contributed by atoms with E-state index in [9.17, 15) is 17.2 Å². The largest absolute Gasteiger partial charge is 0.370 e. The van der Waals surface area contributed by atoms with Crippen LogP contribution < -0.4 is 11.1 Å². The van der Waals surface area contributed by atoms with Crippen LogP contribution in [0.15, 0.2) is 4.99 Å². The zero-order valence-corrected chi connectivity index (χ0v) is 13.7. The van der Waals surface area contributed by atoms with Crippen molar-refractivity contribution < 1.29 is 17.2 Å². The second kappa shape index (κ2) is 8.15. The maximum Gasteiger partial charge on any atom is 0.350 e. The maximum absolute atomic E-state index is 12.3. The van der Waals surface area contributed by atoms with Crippen molar-refractivity contribution in [3.05, 3.63) is 0 Å². The number of nitrogens with one attached hydrogen (secondary N) is 1. The predicted octanol–water partition coefficient (Wildman–Crippen LogP) is 0.403. The van der Waals surface area contributed by atoms with E-state index in [0.717, 1.165) is 4.31 Å². The fourth-order valence-corrected chi connectivity index (χ4v) is 2.75. The second-order valence-corrected chi connectivity index (χ2v) is 6.04. The van der Waals surface area contributed by atoms with E-state index in [4.69, 9.17) is 5.73 Å². The molecule has 1 rings (SSSR count). The summed E-state index contributed by atoms with van der Waals surface area (Å²) >= 11 is 0. The molecule has 1 aliphatic heterocycles. The number of nitrogens with two attached hydrogens (primary N) is 1. The molecule has 0 aromatic carbocycles. The average molecular weight is 412 g/mol. The monoisotopic (exact) mass is 412 g/mol. The van der Waals surface area contributed by atoms with Crippen molar-refractivity contribution in [2.45, 2.75) is 18.6 Å². The molecule has 0 amide bonds. The Balaban J connectivity index is 0.00000324. The summed E-state index contributed by atoms with van der Waals surface area (Å²) in [6.07, 6.45) is 1.08. The van der Waals surface area contributed by atoms with Gasteiger partial charge in [0.2, 0.25) is 0 Å². The topological polar surface area (TPSA) is 87.8 Å². The molecule has 19 heavy (non-hydrogen) atoms. The molecule has 0 spiro atoms. The van der Waals surface area contributed by atoms with Gasteiger partial charge in [-0.25, -0.2) is 8.42 Å². The molecular weight excluding hydrogens is 393 g/mol. The minimum atomic E-state index is -4.43. The molecule has 0 bridgehead atoms. The van der Waals surface area contributed by atoms with Gasteiger partial charge < -0.3 is 11.1 Å². The number of piperidine rings is 1. The van der Waals surface area contributed by atoms with E-state index in [-0.39, 0.29) is 43.0 Å². The van der Waals surface area contributed by atoms with Crippen molar-refractivity contribution >= 4 is 40.0 Å². The SMILES string of the molecule is CN=C(N)NCC1CCN(S(=O)(=O)C(F)F)CC1.I. The summed E-state index contributed by atoms with van der Waals surface area (Å²) in [5, 5.41) is 2.89. The van der Waals surface area contributed by atoms with Gasteiger partial charge in [0.1, 0.15) is 0 Å². The summed E-state index contributed by atoms with van der Waals surface area (Å²) in [7, 11) is -2.87. The highest BCUT2D eigenvalue weighted by molar-refractivity contribution is 14.0. The van der Waals surface area contributed by atoms with E-state index < -0.39 is 15.8 Å². The van der Waals surface area contributed by atoms with Crippen LogP contribution in [-0.2, 0) is 10.0 Å². The lowest BCUT2D eigenvalue weighted by Gasteiger charge is -2.30. The number of alkyl halides is 2. The van der Waals surface area contributed by atoms with Gasteiger partial charge in [0.25, 0.3) is 10.0 Å². The summed E-state index contributed by atoms with van der Waals surface area (Å²) < 4.78 is 47.9. The molecule has 1 fully saturated rings. The fourth-order valence-electron chi connectivity index (χ4n) is 1.81. The van der Waals surface area contributed by atoms with Crippen LogP contribution in [0.5, 0.6) is 0 Å². The third-order valence-corrected chi connectivity index (χ3v) is 4.51. The smallest absolute Gasteiger partial charge is 0.350 e. The summed E-state index contributed by atoms with van der Waals surface area (Å²) in [5.74, 6) is -2.80. The molecule has 0 saturated carbocycles. The van der Waals surface area contributed by atoms with E-state index in [2.05, 4.69) is 10.3 Å². The Labute approximate surface area is 128 Å². The normalized spacial score (nSPS) is 19.3. The first kappa shape index (κ1) is 18.8. The van der Waals surface area contributed by atoms with Crippen molar-refractivity contribution in [3.63, 3.8) is 0 Å². The Morgan fingerprint density at radius 2 is 2.00 bits per heavy atom. The summed E-state index contributed by atoms with van der Waals surface area (Å²) in [4.78, 5) is 3.73. The lowest BCUT2D eigenvalue weighted by atomic mass is 9.98. The first-order valence-corrected chi connectivity index (χ1v) is 7.11. The standard InChI is InChI=1S/C9H18F2N4O2S.HI/c1-13-9(12)14-6-7-2-4-15(5-3-7)18(16,17)8(10)11;/h7-8H,2-6H2,1H3,(H3,12,13,14);1H. The number of sulfonamides is 1. The minimum absolute atomic E-state index is 0. The lowest BCUT2D eigenvalue weighted by molar-refractivity contribution is 0.204. The first-order valence-electron chi connectivity index (χ1n) is 5.61. The quantitative estimate of drug-likeness (QED) is 0.398. The number of halogens is 3. The Bertz CT molecular complexity index is 397.